The predicted octanol–water partition coefficient (Wildman–Crippen LogP) is 3.14. The van der Waals surface area contributed by atoms with Crippen molar-refractivity contribution in [2.45, 2.75) is 38.5 Å². The minimum atomic E-state index is -1.10. The van der Waals surface area contributed by atoms with Gasteiger partial charge in [0.05, 0.1) is 6.42 Å². The highest BCUT2D eigenvalue weighted by atomic mass is 32.1. The zero-order valence-electron chi connectivity index (χ0n) is 12.1. The lowest BCUT2D eigenvalue weighted by Gasteiger charge is -2.18. The molecule has 0 bridgehead atoms. The molecule has 0 spiro atoms. The summed E-state index contributed by atoms with van der Waals surface area (Å²) in [6.45, 7) is 6.13. The van der Waals surface area contributed by atoms with Crippen molar-refractivity contribution in [1.82, 2.24) is 4.98 Å². The van der Waals surface area contributed by atoms with Gasteiger partial charge in [0.25, 0.3) is 0 Å². The van der Waals surface area contributed by atoms with Crippen LogP contribution >= 0.6 is 12.6 Å². The molecule has 112 valence electrons. The van der Waals surface area contributed by atoms with Crippen LogP contribution in [0.5, 0.6) is 0 Å². The average molecular weight is 307 g/mol. The average Bonchev–Trinajstić information content (AvgIpc) is 2.76. The first-order valence-electron chi connectivity index (χ1n) is 6.54. The molecule has 21 heavy (non-hydrogen) atoms. The Kier molecular flexibility index (Phi) is 4.09. The number of nitrogens with zero attached hydrogens (tertiary/aromatic N) is 1. The summed E-state index contributed by atoms with van der Waals surface area (Å²) >= 11 is 3.74. The van der Waals surface area contributed by atoms with Crippen LogP contribution in [-0.4, -0.2) is 21.2 Å². The van der Waals surface area contributed by atoms with Gasteiger partial charge in [-0.25, -0.2) is 4.98 Å². The number of hydrogen-bond donors (Lipinski definition) is 2. The summed E-state index contributed by atoms with van der Waals surface area (Å²) in [4.78, 5) is 26.7. The summed E-state index contributed by atoms with van der Waals surface area (Å²) in [7, 11) is 0. The number of carboxylic acid groups (broad SMARTS) is 1. The van der Waals surface area contributed by atoms with Crippen molar-refractivity contribution in [2.75, 3.05) is 0 Å². The van der Waals surface area contributed by atoms with E-state index in [4.69, 9.17) is 9.52 Å². The van der Waals surface area contributed by atoms with E-state index in [1.165, 1.54) is 0 Å². The Hall–Kier alpha value is -1.82. The van der Waals surface area contributed by atoms with E-state index in [1.807, 2.05) is 32.9 Å². The third kappa shape index (κ3) is 3.26. The normalized spacial score (nSPS) is 13.3. The molecule has 0 saturated carbocycles. The van der Waals surface area contributed by atoms with Gasteiger partial charge < -0.3 is 9.52 Å². The van der Waals surface area contributed by atoms with Gasteiger partial charge in [-0.05, 0) is 11.5 Å². The maximum absolute atomic E-state index is 11.5. The summed E-state index contributed by atoms with van der Waals surface area (Å²) in [5.74, 6) is -1.98. The summed E-state index contributed by atoms with van der Waals surface area (Å²) in [5.41, 5.74) is 2.01. The van der Waals surface area contributed by atoms with Crippen molar-refractivity contribution in [3.63, 3.8) is 0 Å². The lowest BCUT2D eigenvalue weighted by Crippen LogP contribution is -2.12. The maximum atomic E-state index is 11.5. The number of oxazole rings is 1. The van der Waals surface area contributed by atoms with Gasteiger partial charge in [0.2, 0.25) is 5.89 Å². The quantitative estimate of drug-likeness (QED) is 0.848. The number of hydrogen-bond acceptors (Lipinski definition) is 4. The number of rotatable bonds is 4. The standard InChI is InChI=1S/C15H17NO4S/c1-15(2,3)9-5-4-6-10-12(9)20-13(16-10)8(14(19)21)7-11(17)18/h4-6,8H,7H2,1-3H3,(H,17,18)(H,19,21). The second kappa shape index (κ2) is 5.52. The predicted molar refractivity (Wildman–Crippen MR) is 81.7 cm³/mol. The molecule has 6 heteroatoms. The van der Waals surface area contributed by atoms with E-state index >= 15 is 0 Å². The van der Waals surface area contributed by atoms with Crippen molar-refractivity contribution in [3.05, 3.63) is 29.7 Å². The van der Waals surface area contributed by atoms with Gasteiger partial charge in [-0.1, -0.05) is 32.9 Å². The van der Waals surface area contributed by atoms with Crippen molar-refractivity contribution < 1.29 is 19.1 Å². The van der Waals surface area contributed by atoms with Crippen LogP contribution in [0.4, 0.5) is 0 Å². The van der Waals surface area contributed by atoms with E-state index in [0.29, 0.717) is 11.1 Å². The van der Waals surface area contributed by atoms with Crippen LogP contribution in [0.15, 0.2) is 22.6 Å². The summed E-state index contributed by atoms with van der Waals surface area (Å²) in [5, 5.41) is 8.33. The highest BCUT2D eigenvalue weighted by molar-refractivity contribution is 7.96. The molecule has 0 aliphatic carbocycles. The first-order chi connectivity index (χ1) is 9.70. The Bertz CT molecular complexity index is 699. The summed E-state index contributed by atoms with van der Waals surface area (Å²) in [6.07, 6.45) is -0.389. The molecule has 0 amide bonds. The second-order valence-electron chi connectivity index (χ2n) is 5.94. The van der Waals surface area contributed by atoms with Gasteiger partial charge in [-0.15, -0.1) is 12.6 Å². The van der Waals surface area contributed by atoms with E-state index in [-0.39, 0.29) is 17.7 Å². The monoisotopic (exact) mass is 307 g/mol. The summed E-state index contributed by atoms with van der Waals surface area (Å²) < 4.78 is 5.71. The van der Waals surface area contributed by atoms with Crippen LogP contribution < -0.4 is 0 Å². The fourth-order valence-corrected chi connectivity index (χ4v) is 2.36. The first-order valence-corrected chi connectivity index (χ1v) is 6.99. The Balaban J connectivity index is 2.56. The lowest BCUT2D eigenvalue weighted by molar-refractivity contribution is -0.138. The van der Waals surface area contributed by atoms with E-state index in [0.717, 1.165) is 5.56 Å². The fraction of sp³-hybridized carbons (Fsp3) is 0.400. The number of fused-ring (bicyclic) bond motifs is 1. The first kappa shape index (κ1) is 15.6. The lowest BCUT2D eigenvalue weighted by atomic mass is 9.86. The van der Waals surface area contributed by atoms with Crippen molar-refractivity contribution in [1.29, 1.82) is 0 Å². The van der Waals surface area contributed by atoms with Crippen LogP contribution in [0.25, 0.3) is 11.1 Å². The molecule has 0 saturated heterocycles. The number of para-hydroxylation sites is 1. The number of aromatic nitrogens is 1. The molecule has 1 atom stereocenters. The molecular weight excluding hydrogens is 290 g/mol. The smallest absolute Gasteiger partial charge is 0.304 e. The molecular formula is C15H17NO4S. The highest BCUT2D eigenvalue weighted by Gasteiger charge is 2.28. The van der Waals surface area contributed by atoms with Crippen LogP contribution in [0.3, 0.4) is 0 Å². The largest absolute Gasteiger partial charge is 0.481 e. The number of aliphatic carboxylic acids is 1. The summed E-state index contributed by atoms with van der Waals surface area (Å²) in [6, 6.07) is 5.58. The van der Waals surface area contributed by atoms with Gasteiger partial charge >= 0.3 is 5.97 Å². The Labute approximate surface area is 127 Å². The van der Waals surface area contributed by atoms with E-state index in [2.05, 4.69) is 17.6 Å². The second-order valence-corrected chi connectivity index (χ2v) is 6.39. The van der Waals surface area contributed by atoms with Crippen LogP contribution in [0.1, 0.15) is 44.6 Å². The van der Waals surface area contributed by atoms with E-state index in [9.17, 15) is 9.59 Å². The van der Waals surface area contributed by atoms with Crippen LogP contribution in [-0.2, 0) is 15.0 Å². The molecule has 5 nitrogen and oxygen atoms in total. The number of carbonyl (C=O) groups excluding carboxylic acids is 1. The number of carbonyl (C=O) groups is 2. The van der Waals surface area contributed by atoms with Gasteiger partial charge in [0, 0.05) is 5.56 Å². The fourth-order valence-electron chi connectivity index (χ4n) is 2.16. The molecule has 2 rings (SSSR count). The van der Waals surface area contributed by atoms with Crippen molar-refractivity contribution >= 4 is 34.8 Å². The van der Waals surface area contributed by atoms with Crippen LogP contribution in [0, 0.1) is 0 Å². The van der Waals surface area contributed by atoms with Crippen molar-refractivity contribution in [3.8, 4) is 0 Å². The number of thiol groups is 1. The van der Waals surface area contributed by atoms with Gasteiger partial charge in [0.15, 0.2) is 10.7 Å². The minimum Gasteiger partial charge on any atom is -0.481 e. The maximum Gasteiger partial charge on any atom is 0.304 e. The molecule has 2 aromatic rings. The molecule has 0 fully saturated rings. The molecule has 0 aliphatic heterocycles. The molecule has 1 aromatic heterocycles. The topological polar surface area (TPSA) is 80.4 Å². The minimum absolute atomic E-state index is 0.101. The van der Waals surface area contributed by atoms with Gasteiger partial charge in [-0.3, -0.25) is 9.59 Å². The van der Waals surface area contributed by atoms with Crippen LogP contribution in [0.2, 0.25) is 0 Å². The Morgan fingerprint density at radius 1 is 1.38 bits per heavy atom. The van der Waals surface area contributed by atoms with Gasteiger partial charge in [0.1, 0.15) is 11.4 Å². The van der Waals surface area contributed by atoms with Gasteiger partial charge in [-0.2, -0.15) is 0 Å². The Morgan fingerprint density at radius 2 is 2.05 bits per heavy atom. The van der Waals surface area contributed by atoms with E-state index < -0.39 is 17.0 Å². The molecule has 0 aliphatic rings. The van der Waals surface area contributed by atoms with Crippen molar-refractivity contribution in [2.24, 2.45) is 0 Å². The molecule has 1 N–H and O–H groups in total. The number of benzene rings is 1. The molecule has 0 radical (unpaired) electrons. The number of carboxylic acids is 1. The van der Waals surface area contributed by atoms with E-state index in [1.54, 1.807) is 6.07 Å². The molecule has 1 aromatic carbocycles. The molecule has 1 unspecified atom stereocenters. The Morgan fingerprint density at radius 3 is 2.57 bits per heavy atom. The molecule has 1 heterocycles. The SMILES string of the molecule is CC(C)(C)c1cccc2nc(C(CC(=O)O)C(=O)S)oc12. The third-order valence-corrected chi connectivity index (χ3v) is 3.53. The zero-order chi connectivity index (χ0) is 15.8. The zero-order valence-corrected chi connectivity index (χ0v) is 13.0. The highest BCUT2D eigenvalue weighted by Crippen LogP contribution is 2.33. The third-order valence-electron chi connectivity index (χ3n) is 3.21.